The van der Waals surface area contributed by atoms with Gasteiger partial charge in [0.15, 0.2) is 16.4 Å². The molecule has 21 heavy (non-hydrogen) atoms. The molecule has 6 heteroatoms. The standard InChI is InChI=1S/C15H21NO4S/c1-11-5-4-6-14(12(11)2)20-9-15(17)16(3)13-7-8-21(18,19)10-13/h4-6,13H,7-10H2,1-3H3. The Balaban J connectivity index is 1.94. The minimum Gasteiger partial charge on any atom is -0.483 e. The lowest BCUT2D eigenvalue weighted by Crippen LogP contribution is -2.40. The highest BCUT2D eigenvalue weighted by Crippen LogP contribution is 2.21. The van der Waals surface area contributed by atoms with Crippen molar-refractivity contribution < 1.29 is 17.9 Å². The molecule has 1 unspecified atom stereocenters. The van der Waals surface area contributed by atoms with E-state index in [9.17, 15) is 13.2 Å². The van der Waals surface area contributed by atoms with Gasteiger partial charge in [0.05, 0.1) is 11.5 Å². The van der Waals surface area contributed by atoms with Gasteiger partial charge in [0.25, 0.3) is 5.91 Å². The summed E-state index contributed by atoms with van der Waals surface area (Å²) in [6, 6.07) is 5.47. The quantitative estimate of drug-likeness (QED) is 0.841. The monoisotopic (exact) mass is 311 g/mol. The zero-order valence-electron chi connectivity index (χ0n) is 12.6. The fourth-order valence-corrected chi connectivity index (χ4v) is 4.18. The highest BCUT2D eigenvalue weighted by Gasteiger charge is 2.32. The van der Waals surface area contributed by atoms with E-state index in [-0.39, 0.29) is 30.1 Å². The van der Waals surface area contributed by atoms with Crippen LogP contribution in [0.15, 0.2) is 18.2 Å². The molecule has 0 radical (unpaired) electrons. The molecule has 0 aliphatic carbocycles. The maximum Gasteiger partial charge on any atom is 0.260 e. The SMILES string of the molecule is Cc1cccc(OCC(=O)N(C)C2CCS(=O)(=O)C2)c1C. The summed E-state index contributed by atoms with van der Waals surface area (Å²) >= 11 is 0. The molecule has 0 N–H and O–H groups in total. The van der Waals surface area contributed by atoms with Gasteiger partial charge in [-0.05, 0) is 37.5 Å². The van der Waals surface area contributed by atoms with Crippen LogP contribution in [0.3, 0.4) is 0 Å². The first-order valence-electron chi connectivity index (χ1n) is 6.95. The molecule has 1 atom stereocenters. The molecule has 1 saturated heterocycles. The van der Waals surface area contributed by atoms with Gasteiger partial charge in [0, 0.05) is 13.1 Å². The van der Waals surface area contributed by atoms with Crippen molar-refractivity contribution in [3.8, 4) is 5.75 Å². The Labute approximate surface area is 125 Å². The average molecular weight is 311 g/mol. The third-order valence-corrected chi connectivity index (χ3v) is 5.81. The first kappa shape index (κ1) is 15.8. The zero-order chi connectivity index (χ0) is 15.6. The van der Waals surface area contributed by atoms with Crippen molar-refractivity contribution >= 4 is 15.7 Å². The molecule has 1 aliphatic rings. The van der Waals surface area contributed by atoms with E-state index in [2.05, 4.69) is 0 Å². The Morgan fingerprint density at radius 3 is 2.71 bits per heavy atom. The lowest BCUT2D eigenvalue weighted by atomic mass is 10.1. The van der Waals surface area contributed by atoms with Gasteiger partial charge in [-0.2, -0.15) is 0 Å². The summed E-state index contributed by atoms with van der Waals surface area (Å²) < 4.78 is 28.5. The van der Waals surface area contributed by atoms with E-state index < -0.39 is 9.84 Å². The first-order valence-corrected chi connectivity index (χ1v) is 8.77. The highest BCUT2D eigenvalue weighted by molar-refractivity contribution is 7.91. The van der Waals surface area contributed by atoms with Crippen LogP contribution in [-0.2, 0) is 14.6 Å². The lowest BCUT2D eigenvalue weighted by molar-refractivity contribution is -0.133. The second-order valence-corrected chi connectivity index (χ2v) is 7.78. The van der Waals surface area contributed by atoms with E-state index in [0.717, 1.165) is 11.1 Å². The molecule has 1 heterocycles. The summed E-state index contributed by atoms with van der Waals surface area (Å²) in [6.45, 7) is 3.86. The van der Waals surface area contributed by atoms with Crippen LogP contribution in [0.1, 0.15) is 17.5 Å². The van der Waals surface area contributed by atoms with Crippen molar-refractivity contribution in [2.45, 2.75) is 26.3 Å². The number of carbonyl (C=O) groups is 1. The van der Waals surface area contributed by atoms with Crippen LogP contribution in [-0.4, -0.2) is 50.4 Å². The Morgan fingerprint density at radius 1 is 1.38 bits per heavy atom. The van der Waals surface area contributed by atoms with Gasteiger partial charge in [0.1, 0.15) is 5.75 Å². The smallest absolute Gasteiger partial charge is 0.260 e. The number of ether oxygens (including phenoxy) is 1. The largest absolute Gasteiger partial charge is 0.483 e. The zero-order valence-corrected chi connectivity index (χ0v) is 13.4. The van der Waals surface area contributed by atoms with Crippen LogP contribution in [0.2, 0.25) is 0 Å². The highest BCUT2D eigenvalue weighted by atomic mass is 32.2. The van der Waals surface area contributed by atoms with Gasteiger partial charge in [-0.25, -0.2) is 8.42 Å². The molecule has 1 aromatic rings. The molecular formula is C15H21NO4S. The fourth-order valence-electron chi connectivity index (χ4n) is 2.41. The normalized spacial score (nSPS) is 20.2. The topological polar surface area (TPSA) is 63.7 Å². The number of rotatable bonds is 4. The summed E-state index contributed by atoms with van der Waals surface area (Å²) in [7, 11) is -1.35. The Morgan fingerprint density at radius 2 is 2.10 bits per heavy atom. The number of benzene rings is 1. The minimum absolute atomic E-state index is 0.0543. The number of hydrogen-bond donors (Lipinski definition) is 0. The Hall–Kier alpha value is -1.56. The van der Waals surface area contributed by atoms with Gasteiger partial charge >= 0.3 is 0 Å². The third kappa shape index (κ3) is 3.75. The molecule has 1 amide bonds. The predicted octanol–water partition coefficient (Wildman–Crippen LogP) is 1.33. The molecule has 2 rings (SSSR count). The number of aryl methyl sites for hydroxylation is 1. The van der Waals surface area contributed by atoms with Crippen molar-refractivity contribution in [1.29, 1.82) is 0 Å². The molecule has 116 valence electrons. The second-order valence-electron chi connectivity index (χ2n) is 5.55. The number of likely N-dealkylation sites (N-methyl/N-ethyl adjacent to an activating group) is 1. The number of hydrogen-bond acceptors (Lipinski definition) is 4. The first-order chi connectivity index (χ1) is 9.80. The van der Waals surface area contributed by atoms with Crippen LogP contribution < -0.4 is 4.74 Å². The van der Waals surface area contributed by atoms with Crippen LogP contribution in [0.4, 0.5) is 0 Å². The van der Waals surface area contributed by atoms with E-state index in [1.807, 2.05) is 32.0 Å². The van der Waals surface area contributed by atoms with E-state index in [1.54, 1.807) is 7.05 Å². The van der Waals surface area contributed by atoms with Crippen molar-refractivity contribution in [3.05, 3.63) is 29.3 Å². The molecule has 1 aliphatic heterocycles. The third-order valence-electron chi connectivity index (χ3n) is 4.06. The molecule has 0 aromatic heterocycles. The molecule has 0 bridgehead atoms. The predicted molar refractivity (Wildman–Crippen MR) is 81.2 cm³/mol. The Bertz CT molecular complexity index is 639. The summed E-state index contributed by atoms with van der Waals surface area (Å²) in [4.78, 5) is 13.6. The van der Waals surface area contributed by atoms with E-state index >= 15 is 0 Å². The number of carbonyl (C=O) groups excluding carboxylic acids is 1. The molecule has 1 aromatic carbocycles. The number of sulfone groups is 1. The lowest BCUT2D eigenvalue weighted by Gasteiger charge is -2.23. The maximum absolute atomic E-state index is 12.1. The van der Waals surface area contributed by atoms with E-state index in [4.69, 9.17) is 4.74 Å². The maximum atomic E-state index is 12.1. The second kappa shape index (κ2) is 6.05. The molecule has 0 spiro atoms. The number of nitrogens with zero attached hydrogens (tertiary/aromatic N) is 1. The fraction of sp³-hybridized carbons (Fsp3) is 0.533. The summed E-state index contributed by atoms with van der Waals surface area (Å²) in [6.07, 6.45) is 0.508. The van der Waals surface area contributed by atoms with Crippen molar-refractivity contribution in [2.24, 2.45) is 0 Å². The van der Waals surface area contributed by atoms with E-state index in [0.29, 0.717) is 12.2 Å². The molecule has 0 saturated carbocycles. The van der Waals surface area contributed by atoms with Crippen molar-refractivity contribution in [1.82, 2.24) is 4.90 Å². The number of amides is 1. The van der Waals surface area contributed by atoms with Crippen molar-refractivity contribution in [3.63, 3.8) is 0 Å². The molecular weight excluding hydrogens is 290 g/mol. The minimum atomic E-state index is -2.99. The average Bonchev–Trinajstić information content (AvgIpc) is 2.79. The van der Waals surface area contributed by atoms with Crippen LogP contribution in [0.25, 0.3) is 0 Å². The van der Waals surface area contributed by atoms with Gasteiger partial charge in [-0.15, -0.1) is 0 Å². The van der Waals surface area contributed by atoms with Crippen LogP contribution in [0.5, 0.6) is 5.75 Å². The van der Waals surface area contributed by atoms with Gasteiger partial charge in [-0.1, -0.05) is 12.1 Å². The summed E-state index contributed by atoms with van der Waals surface area (Å²) in [5.41, 5.74) is 2.12. The summed E-state index contributed by atoms with van der Waals surface area (Å²) in [5, 5.41) is 0. The van der Waals surface area contributed by atoms with E-state index in [1.165, 1.54) is 4.90 Å². The van der Waals surface area contributed by atoms with Gasteiger partial charge in [0.2, 0.25) is 0 Å². The van der Waals surface area contributed by atoms with Crippen molar-refractivity contribution in [2.75, 3.05) is 25.2 Å². The van der Waals surface area contributed by atoms with Gasteiger partial charge < -0.3 is 9.64 Å². The molecule has 5 nitrogen and oxygen atoms in total. The van der Waals surface area contributed by atoms with Gasteiger partial charge in [-0.3, -0.25) is 4.79 Å². The summed E-state index contributed by atoms with van der Waals surface area (Å²) in [5.74, 6) is 0.708. The molecule has 1 fully saturated rings. The van der Waals surface area contributed by atoms with Crippen LogP contribution >= 0.6 is 0 Å². The van der Waals surface area contributed by atoms with Crippen LogP contribution in [0, 0.1) is 13.8 Å². The Kier molecular flexibility index (Phi) is 4.56.